The van der Waals surface area contributed by atoms with E-state index in [1.807, 2.05) is 0 Å². The van der Waals surface area contributed by atoms with Crippen LogP contribution in [-0.2, 0) is 11.8 Å². The minimum atomic E-state index is 0.201. The third-order valence-corrected chi connectivity index (χ3v) is 8.43. The van der Waals surface area contributed by atoms with Gasteiger partial charge in [-0.1, -0.05) is 43.6 Å². The fourth-order valence-corrected chi connectivity index (χ4v) is 6.04. The van der Waals surface area contributed by atoms with Crippen LogP contribution in [0.5, 0.6) is 0 Å². The molecule has 0 bridgehead atoms. The van der Waals surface area contributed by atoms with Gasteiger partial charge in [-0.25, -0.2) is 0 Å². The second-order valence-electron chi connectivity index (χ2n) is 9.54. The van der Waals surface area contributed by atoms with Crippen molar-refractivity contribution in [3.63, 3.8) is 0 Å². The van der Waals surface area contributed by atoms with Crippen LogP contribution in [0.3, 0.4) is 0 Å². The highest BCUT2D eigenvalue weighted by atomic mass is 35.5. The molecule has 164 valence electrons. The molecule has 2 aliphatic rings. The lowest BCUT2D eigenvalue weighted by molar-refractivity contribution is 0.260. The largest absolute Gasteiger partial charge is 0.385 e. The molecule has 0 spiro atoms. The van der Waals surface area contributed by atoms with E-state index in [0.717, 1.165) is 63.0 Å². The van der Waals surface area contributed by atoms with Crippen LogP contribution < -0.4 is 10.2 Å². The summed E-state index contributed by atoms with van der Waals surface area (Å²) in [5.74, 6) is 1.16. The van der Waals surface area contributed by atoms with Gasteiger partial charge in [0, 0.05) is 55.4 Å². The Morgan fingerprint density at radius 2 is 1.94 bits per heavy atom. The molecule has 0 aliphatic carbocycles. The molecule has 1 fully saturated rings. The molecule has 3 heterocycles. The quantitative estimate of drug-likeness (QED) is 0.546. The van der Waals surface area contributed by atoms with Crippen molar-refractivity contribution >= 4 is 44.7 Å². The maximum Gasteiger partial charge on any atom is 0.150 e. The highest BCUT2D eigenvalue weighted by molar-refractivity contribution is 7.13. The molecule has 6 heteroatoms. The van der Waals surface area contributed by atoms with Crippen molar-refractivity contribution in [2.24, 2.45) is 0 Å². The van der Waals surface area contributed by atoms with Crippen LogP contribution in [0, 0.1) is 6.92 Å². The maximum absolute atomic E-state index is 6.81. The number of rotatable bonds is 4. The molecule has 1 saturated heterocycles. The van der Waals surface area contributed by atoms with Gasteiger partial charge in [-0.15, -0.1) is 0 Å². The van der Waals surface area contributed by atoms with Crippen molar-refractivity contribution in [2.75, 3.05) is 49.5 Å². The van der Waals surface area contributed by atoms with Crippen molar-refractivity contribution in [2.45, 2.75) is 39.0 Å². The van der Waals surface area contributed by atoms with E-state index >= 15 is 0 Å². The van der Waals surface area contributed by atoms with Crippen LogP contribution in [0.25, 0.3) is 10.1 Å². The highest BCUT2D eigenvalue weighted by Crippen LogP contribution is 2.42. The molecule has 3 aromatic rings. The minimum absolute atomic E-state index is 0.201. The van der Waals surface area contributed by atoms with Gasteiger partial charge in [0.15, 0.2) is 0 Å². The van der Waals surface area contributed by atoms with Gasteiger partial charge >= 0.3 is 0 Å². The molecule has 0 radical (unpaired) electrons. The summed E-state index contributed by atoms with van der Waals surface area (Å²) in [6, 6.07) is 10.9. The number of hydrogen-bond donors (Lipinski definition) is 1. The Balaban J connectivity index is 1.25. The zero-order chi connectivity index (χ0) is 21.6. The SMILES string of the molecule is Cc1c(Cl)c(CCN2CCN(c3nsc4ccccc34)CC2)cc2c1NCCC2(C)C. The van der Waals surface area contributed by atoms with Crippen molar-refractivity contribution < 1.29 is 0 Å². The van der Waals surface area contributed by atoms with E-state index in [1.54, 1.807) is 11.5 Å². The van der Waals surface area contributed by atoms with Crippen LogP contribution >= 0.6 is 23.1 Å². The van der Waals surface area contributed by atoms with Crippen molar-refractivity contribution in [3.8, 4) is 0 Å². The topological polar surface area (TPSA) is 31.4 Å². The lowest BCUT2D eigenvalue weighted by Gasteiger charge is -2.36. The fourth-order valence-electron chi connectivity index (χ4n) is 5.00. The Morgan fingerprint density at radius 1 is 1.16 bits per heavy atom. The van der Waals surface area contributed by atoms with Gasteiger partial charge in [-0.2, -0.15) is 4.37 Å². The first-order chi connectivity index (χ1) is 14.9. The number of nitrogens with zero attached hydrogens (tertiary/aromatic N) is 3. The summed E-state index contributed by atoms with van der Waals surface area (Å²) < 4.78 is 6.01. The predicted octanol–water partition coefficient (Wildman–Crippen LogP) is 5.72. The second-order valence-corrected chi connectivity index (χ2v) is 10.7. The third-order valence-electron chi connectivity index (χ3n) is 7.08. The zero-order valence-electron chi connectivity index (χ0n) is 18.7. The first kappa shape index (κ1) is 21.0. The first-order valence-corrected chi connectivity index (χ1v) is 12.5. The number of piperazine rings is 1. The maximum atomic E-state index is 6.81. The summed E-state index contributed by atoms with van der Waals surface area (Å²) in [4.78, 5) is 5.01. The Hall–Kier alpha value is -1.82. The van der Waals surface area contributed by atoms with Crippen LogP contribution in [0.15, 0.2) is 30.3 Å². The Labute approximate surface area is 194 Å². The monoisotopic (exact) mass is 454 g/mol. The molecule has 31 heavy (non-hydrogen) atoms. The Bertz CT molecular complexity index is 1100. The second kappa shape index (κ2) is 8.27. The van der Waals surface area contributed by atoms with Gasteiger partial charge in [0.25, 0.3) is 0 Å². The molecule has 1 aromatic heterocycles. The van der Waals surface area contributed by atoms with Gasteiger partial charge in [0.05, 0.1) is 4.70 Å². The van der Waals surface area contributed by atoms with E-state index in [1.165, 1.54) is 32.5 Å². The number of benzene rings is 2. The van der Waals surface area contributed by atoms with Crippen LogP contribution in [0.1, 0.15) is 37.0 Å². The fraction of sp³-hybridized carbons (Fsp3) is 0.480. The molecule has 1 N–H and O–H groups in total. The number of aromatic nitrogens is 1. The van der Waals surface area contributed by atoms with E-state index in [-0.39, 0.29) is 5.41 Å². The first-order valence-electron chi connectivity index (χ1n) is 11.3. The van der Waals surface area contributed by atoms with Gasteiger partial charge in [0.2, 0.25) is 0 Å². The van der Waals surface area contributed by atoms with Crippen LogP contribution in [0.4, 0.5) is 11.5 Å². The van der Waals surface area contributed by atoms with Gasteiger partial charge in [-0.05, 0) is 65.5 Å². The van der Waals surface area contributed by atoms with E-state index in [4.69, 9.17) is 16.0 Å². The van der Waals surface area contributed by atoms with Gasteiger partial charge in [-0.3, -0.25) is 4.90 Å². The number of halogens is 1. The molecule has 2 aromatic carbocycles. The number of fused-ring (bicyclic) bond motifs is 2. The average Bonchev–Trinajstić information content (AvgIpc) is 3.20. The smallest absolute Gasteiger partial charge is 0.150 e. The van der Waals surface area contributed by atoms with Crippen LogP contribution in [-0.4, -0.2) is 48.5 Å². The summed E-state index contributed by atoms with van der Waals surface area (Å²) in [6.45, 7) is 13.1. The minimum Gasteiger partial charge on any atom is -0.385 e. The lowest BCUT2D eigenvalue weighted by Crippen LogP contribution is -2.47. The third kappa shape index (κ3) is 3.92. The normalized spacial score (nSPS) is 18.8. The van der Waals surface area contributed by atoms with Crippen molar-refractivity contribution in [3.05, 3.63) is 52.0 Å². The molecule has 0 amide bonds. The summed E-state index contributed by atoms with van der Waals surface area (Å²) in [5, 5.41) is 5.81. The van der Waals surface area contributed by atoms with E-state index in [9.17, 15) is 0 Å². The van der Waals surface area contributed by atoms with E-state index in [0.29, 0.717) is 0 Å². The molecule has 4 nitrogen and oxygen atoms in total. The Kier molecular flexibility index (Phi) is 5.61. The molecule has 2 aliphatic heterocycles. The van der Waals surface area contributed by atoms with Crippen LogP contribution in [0.2, 0.25) is 5.02 Å². The zero-order valence-corrected chi connectivity index (χ0v) is 20.2. The number of nitrogens with one attached hydrogen (secondary N) is 1. The highest BCUT2D eigenvalue weighted by Gasteiger charge is 2.30. The summed E-state index contributed by atoms with van der Waals surface area (Å²) in [6.07, 6.45) is 2.16. The molecular formula is C25H31ClN4S. The number of hydrogen-bond acceptors (Lipinski definition) is 5. The molecule has 5 rings (SSSR count). The number of anilines is 2. The molecule has 0 saturated carbocycles. The summed E-state index contributed by atoms with van der Waals surface area (Å²) in [5.41, 5.74) is 5.39. The molecule has 0 unspecified atom stereocenters. The average molecular weight is 455 g/mol. The summed E-state index contributed by atoms with van der Waals surface area (Å²) >= 11 is 8.42. The predicted molar refractivity (Wildman–Crippen MR) is 134 cm³/mol. The van der Waals surface area contributed by atoms with E-state index < -0.39 is 0 Å². The van der Waals surface area contributed by atoms with Gasteiger partial charge in [0.1, 0.15) is 5.82 Å². The Morgan fingerprint density at radius 3 is 2.74 bits per heavy atom. The lowest BCUT2D eigenvalue weighted by atomic mass is 9.76. The molecule has 0 atom stereocenters. The molecular weight excluding hydrogens is 424 g/mol. The van der Waals surface area contributed by atoms with E-state index in [2.05, 4.69) is 66.2 Å². The van der Waals surface area contributed by atoms with Gasteiger partial charge < -0.3 is 10.2 Å². The van der Waals surface area contributed by atoms with Crippen molar-refractivity contribution in [1.29, 1.82) is 0 Å². The van der Waals surface area contributed by atoms with Crippen molar-refractivity contribution in [1.82, 2.24) is 9.27 Å². The summed E-state index contributed by atoms with van der Waals surface area (Å²) in [7, 11) is 0. The standard InChI is InChI=1S/C25H31ClN4S/c1-17-22(26)18(16-20-23(17)27-10-9-25(20,2)3)8-11-29-12-14-30(15-13-29)24-19-6-4-5-7-21(19)31-28-24/h4-7,16,27H,8-15H2,1-3H3.